The van der Waals surface area contributed by atoms with Crippen molar-refractivity contribution < 1.29 is 5.11 Å². The van der Waals surface area contributed by atoms with E-state index in [0.29, 0.717) is 10.9 Å². The van der Waals surface area contributed by atoms with Crippen LogP contribution in [0.3, 0.4) is 0 Å². The predicted molar refractivity (Wildman–Crippen MR) is 71.7 cm³/mol. The van der Waals surface area contributed by atoms with E-state index in [0.717, 1.165) is 23.9 Å². The maximum absolute atomic E-state index is 10.5. The first-order chi connectivity index (χ1) is 8.75. The SMILES string of the molecule is O[C@@H](c1cn2cncc2cc1Cl)C1CCCCC1. The van der Waals surface area contributed by atoms with Gasteiger partial charge in [-0.2, -0.15) is 0 Å². The largest absolute Gasteiger partial charge is 0.388 e. The highest BCUT2D eigenvalue weighted by Gasteiger charge is 2.25. The van der Waals surface area contributed by atoms with Gasteiger partial charge in [-0.25, -0.2) is 4.98 Å². The third kappa shape index (κ3) is 2.13. The summed E-state index contributed by atoms with van der Waals surface area (Å²) >= 11 is 6.27. The molecule has 1 aliphatic rings. The molecule has 2 heterocycles. The van der Waals surface area contributed by atoms with Crippen molar-refractivity contribution in [1.82, 2.24) is 9.38 Å². The first-order valence-corrected chi connectivity index (χ1v) is 6.92. The quantitative estimate of drug-likeness (QED) is 0.900. The fourth-order valence-electron chi connectivity index (χ4n) is 2.88. The van der Waals surface area contributed by atoms with Crippen molar-refractivity contribution >= 4 is 17.1 Å². The Bertz CT molecular complexity index is 546. The van der Waals surface area contributed by atoms with Crippen LogP contribution in [0.5, 0.6) is 0 Å². The van der Waals surface area contributed by atoms with Crippen LogP contribution in [0.4, 0.5) is 0 Å². The maximum atomic E-state index is 10.5. The summed E-state index contributed by atoms with van der Waals surface area (Å²) in [7, 11) is 0. The second-order valence-corrected chi connectivity index (χ2v) is 5.55. The molecule has 0 saturated heterocycles. The van der Waals surface area contributed by atoms with Gasteiger partial charge >= 0.3 is 0 Å². The van der Waals surface area contributed by atoms with Crippen molar-refractivity contribution in [3.8, 4) is 0 Å². The van der Waals surface area contributed by atoms with Gasteiger partial charge in [-0.05, 0) is 24.8 Å². The molecule has 1 saturated carbocycles. The monoisotopic (exact) mass is 264 g/mol. The Labute approximate surface area is 111 Å². The normalized spacial score (nSPS) is 19.2. The average Bonchev–Trinajstić information content (AvgIpc) is 2.85. The lowest BCUT2D eigenvalue weighted by Crippen LogP contribution is -2.16. The highest BCUT2D eigenvalue weighted by molar-refractivity contribution is 6.31. The third-order valence-electron chi connectivity index (χ3n) is 3.94. The summed E-state index contributed by atoms with van der Waals surface area (Å²) in [6.07, 6.45) is 10.9. The number of nitrogens with zero attached hydrogens (tertiary/aromatic N) is 2. The number of rotatable bonds is 2. The van der Waals surface area contributed by atoms with Crippen molar-refractivity contribution in [2.24, 2.45) is 5.92 Å². The van der Waals surface area contributed by atoms with Gasteiger partial charge in [0.2, 0.25) is 0 Å². The van der Waals surface area contributed by atoms with E-state index in [-0.39, 0.29) is 0 Å². The number of aliphatic hydroxyl groups excluding tert-OH is 1. The van der Waals surface area contributed by atoms with Crippen LogP contribution >= 0.6 is 11.6 Å². The van der Waals surface area contributed by atoms with Crippen molar-refractivity contribution in [3.05, 3.63) is 35.4 Å². The maximum Gasteiger partial charge on any atom is 0.0992 e. The molecule has 0 unspecified atom stereocenters. The summed E-state index contributed by atoms with van der Waals surface area (Å²) in [6.45, 7) is 0. The van der Waals surface area contributed by atoms with Crippen molar-refractivity contribution in [1.29, 1.82) is 0 Å². The zero-order valence-electron chi connectivity index (χ0n) is 10.2. The second-order valence-electron chi connectivity index (χ2n) is 5.15. The number of hydrogen-bond donors (Lipinski definition) is 1. The summed E-state index contributed by atoms with van der Waals surface area (Å²) in [5.74, 6) is 0.345. The zero-order chi connectivity index (χ0) is 12.5. The van der Waals surface area contributed by atoms with Crippen molar-refractivity contribution in [2.75, 3.05) is 0 Å². The molecule has 1 N–H and O–H groups in total. The van der Waals surface area contributed by atoms with Gasteiger partial charge in [0.15, 0.2) is 0 Å². The first kappa shape index (κ1) is 12.0. The Morgan fingerprint density at radius 3 is 2.89 bits per heavy atom. The first-order valence-electron chi connectivity index (χ1n) is 6.55. The second kappa shape index (κ2) is 4.90. The van der Waals surface area contributed by atoms with E-state index in [1.807, 2.05) is 16.7 Å². The van der Waals surface area contributed by atoms with Crippen LogP contribution in [-0.4, -0.2) is 14.5 Å². The van der Waals surface area contributed by atoms with E-state index < -0.39 is 6.10 Å². The molecular weight excluding hydrogens is 248 g/mol. The molecular formula is C14H17ClN2O. The molecule has 0 radical (unpaired) electrons. The van der Waals surface area contributed by atoms with Crippen LogP contribution in [-0.2, 0) is 0 Å². The summed E-state index contributed by atoms with van der Waals surface area (Å²) in [5.41, 5.74) is 1.79. The van der Waals surface area contributed by atoms with Gasteiger partial charge in [0, 0.05) is 16.8 Å². The molecule has 4 heteroatoms. The van der Waals surface area contributed by atoms with Crippen molar-refractivity contribution in [3.63, 3.8) is 0 Å². The van der Waals surface area contributed by atoms with Gasteiger partial charge in [-0.1, -0.05) is 30.9 Å². The molecule has 1 aliphatic carbocycles. The highest BCUT2D eigenvalue weighted by atomic mass is 35.5. The summed E-state index contributed by atoms with van der Waals surface area (Å²) in [6, 6.07) is 1.87. The van der Waals surface area contributed by atoms with Crippen molar-refractivity contribution in [2.45, 2.75) is 38.2 Å². The number of hydrogen-bond acceptors (Lipinski definition) is 2. The molecule has 2 aromatic rings. The third-order valence-corrected chi connectivity index (χ3v) is 4.27. The van der Waals surface area contributed by atoms with Gasteiger partial charge in [0.25, 0.3) is 0 Å². The number of imidazole rings is 1. The van der Waals surface area contributed by atoms with Crippen LogP contribution in [0.1, 0.15) is 43.8 Å². The minimum absolute atomic E-state index is 0.345. The number of aliphatic hydroxyl groups is 1. The Balaban J connectivity index is 1.94. The molecule has 0 aromatic carbocycles. The molecule has 0 amide bonds. The molecule has 3 rings (SSSR count). The standard InChI is InChI=1S/C14H17ClN2O/c15-13-6-11-7-16-9-17(11)8-12(13)14(18)10-4-2-1-3-5-10/h6-10,14,18H,1-5H2/t14-/m1/s1. The number of fused-ring (bicyclic) bond motifs is 1. The van der Waals surface area contributed by atoms with E-state index >= 15 is 0 Å². The Hall–Kier alpha value is -1.06. The van der Waals surface area contributed by atoms with Crippen LogP contribution in [0.2, 0.25) is 5.02 Å². The summed E-state index contributed by atoms with van der Waals surface area (Å²) in [4.78, 5) is 4.08. The topological polar surface area (TPSA) is 37.5 Å². The average molecular weight is 265 g/mol. The van der Waals surface area contributed by atoms with E-state index in [1.165, 1.54) is 19.3 Å². The van der Waals surface area contributed by atoms with Gasteiger partial charge in [-0.3, -0.25) is 0 Å². The molecule has 2 aromatic heterocycles. The van der Waals surface area contributed by atoms with E-state index in [1.54, 1.807) is 12.5 Å². The minimum Gasteiger partial charge on any atom is -0.388 e. The van der Waals surface area contributed by atoms with Crippen LogP contribution in [0, 0.1) is 5.92 Å². The Morgan fingerprint density at radius 2 is 2.11 bits per heavy atom. The summed E-state index contributed by atoms with van der Waals surface area (Å²) in [5, 5.41) is 11.1. The predicted octanol–water partition coefficient (Wildman–Crippen LogP) is 3.60. The highest BCUT2D eigenvalue weighted by Crippen LogP contribution is 2.37. The van der Waals surface area contributed by atoms with Crippen LogP contribution in [0.25, 0.3) is 5.52 Å². The number of aromatic nitrogens is 2. The molecule has 0 aliphatic heterocycles. The summed E-state index contributed by atoms with van der Waals surface area (Å²) < 4.78 is 1.91. The molecule has 96 valence electrons. The molecule has 1 atom stereocenters. The molecule has 3 nitrogen and oxygen atoms in total. The molecule has 18 heavy (non-hydrogen) atoms. The molecule has 0 spiro atoms. The number of halogens is 1. The lowest BCUT2D eigenvalue weighted by atomic mass is 9.83. The lowest BCUT2D eigenvalue weighted by Gasteiger charge is -2.27. The Morgan fingerprint density at radius 1 is 1.33 bits per heavy atom. The van der Waals surface area contributed by atoms with Gasteiger partial charge < -0.3 is 9.51 Å². The fraction of sp³-hybridized carbons (Fsp3) is 0.500. The number of pyridine rings is 1. The lowest BCUT2D eigenvalue weighted by molar-refractivity contribution is 0.0846. The van der Waals surface area contributed by atoms with E-state index in [4.69, 9.17) is 11.6 Å². The van der Waals surface area contributed by atoms with Gasteiger partial charge in [0.05, 0.1) is 24.1 Å². The fourth-order valence-corrected chi connectivity index (χ4v) is 3.15. The van der Waals surface area contributed by atoms with Gasteiger partial charge in [0.1, 0.15) is 0 Å². The molecule has 0 bridgehead atoms. The van der Waals surface area contributed by atoms with Crippen LogP contribution < -0.4 is 0 Å². The van der Waals surface area contributed by atoms with Gasteiger partial charge in [-0.15, -0.1) is 0 Å². The smallest absolute Gasteiger partial charge is 0.0992 e. The zero-order valence-corrected chi connectivity index (χ0v) is 11.0. The van der Waals surface area contributed by atoms with E-state index in [2.05, 4.69) is 4.98 Å². The van der Waals surface area contributed by atoms with Crippen LogP contribution in [0.15, 0.2) is 24.8 Å². The minimum atomic E-state index is -0.454. The molecule has 1 fully saturated rings. The van der Waals surface area contributed by atoms with E-state index in [9.17, 15) is 5.11 Å². The Kier molecular flexibility index (Phi) is 3.27.